The van der Waals surface area contributed by atoms with Gasteiger partial charge in [-0.2, -0.15) is 0 Å². The molecule has 0 amide bonds. The lowest BCUT2D eigenvalue weighted by Gasteiger charge is -2.09. The van der Waals surface area contributed by atoms with Crippen LogP contribution in [0.2, 0.25) is 0 Å². The summed E-state index contributed by atoms with van der Waals surface area (Å²) >= 11 is 0. The van der Waals surface area contributed by atoms with Gasteiger partial charge in [0.05, 0.1) is 0 Å². The van der Waals surface area contributed by atoms with Crippen LogP contribution in [0, 0.1) is 17.7 Å². The number of nitrogens with one attached hydrogen (secondary N) is 2. The number of hydrogen-bond acceptors (Lipinski definition) is 2. The van der Waals surface area contributed by atoms with Crippen molar-refractivity contribution in [3.8, 4) is 0 Å². The predicted molar refractivity (Wildman–Crippen MR) is 60.9 cm³/mol. The van der Waals surface area contributed by atoms with E-state index >= 15 is 0 Å². The molecule has 0 atom stereocenters. The van der Waals surface area contributed by atoms with Gasteiger partial charge >= 0.3 is 0 Å². The minimum Gasteiger partial charge on any atom is -0.308 e. The molecule has 2 nitrogen and oxygen atoms in total. The molecule has 0 aliphatic rings. The van der Waals surface area contributed by atoms with Crippen molar-refractivity contribution in [1.82, 2.24) is 0 Å². The molecule has 0 heterocycles. The minimum absolute atomic E-state index is 0.558. The molecule has 0 spiro atoms. The second-order valence-electron chi connectivity index (χ2n) is 3.47. The van der Waals surface area contributed by atoms with Crippen LogP contribution in [0.25, 0.3) is 0 Å². The molecule has 0 aromatic heterocycles. The maximum Gasteiger partial charge on any atom is 0.0355 e. The largest absolute Gasteiger partial charge is 0.308 e. The van der Waals surface area contributed by atoms with Crippen LogP contribution in [0.5, 0.6) is 0 Å². The summed E-state index contributed by atoms with van der Waals surface area (Å²) < 4.78 is 0. The molecule has 0 saturated carbocycles. The Kier molecular flexibility index (Phi) is 3.18. The summed E-state index contributed by atoms with van der Waals surface area (Å²) in [4.78, 5) is 0. The van der Waals surface area contributed by atoms with Crippen molar-refractivity contribution in [2.24, 2.45) is 0 Å². The molecule has 1 aromatic carbocycles. The zero-order valence-electron chi connectivity index (χ0n) is 8.94. The monoisotopic (exact) mass is 188 g/mol. The highest BCUT2D eigenvalue weighted by molar-refractivity contribution is 5.98. The summed E-state index contributed by atoms with van der Waals surface area (Å²) in [5.41, 5.74) is 4.79. The molecule has 0 radical (unpaired) electrons. The van der Waals surface area contributed by atoms with Gasteiger partial charge < -0.3 is 10.8 Å². The third-order valence-electron chi connectivity index (χ3n) is 2.52. The number of benzene rings is 1. The van der Waals surface area contributed by atoms with Crippen LogP contribution in [-0.2, 0) is 6.42 Å². The average molecular weight is 188 g/mol. The highest BCUT2D eigenvalue weighted by Gasteiger charge is 2.05. The van der Waals surface area contributed by atoms with E-state index < -0.39 is 0 Å². The molecule has 0 saturated heterocycles. The van der Waals surface area contributed by atoms with Crippen molar-refractivity contribution < 1.29 is 0 Å². The van der Waals surface area contributed by atoms with Crippen LogP contribution in [0.1, 0.15) is 36.1 Å². The van der Waals surface area contributed by atoms with E-state index in [0.717, 1.165) is 23.1 Å². The first-order valence-corrected chi connectivity index (χ1v) is 4.79. The van der Waals surface area contributed by atoms with Gasteiger partial charge in [-0.1, -0.05) is 6.92 Å². The summed E-state index contributed by atoms with van der Waals surface area (Å²) in [5.74, 6) is 0. The van der Waals surface area contributed by atoms with E-state index in [-0.39, 0.29) is 0 Å². The Hall–Kier alpha value is -1.44. The Morgan fingerprint density at radius 1 is 1.43 bits per heavy atom. The van der Waals surface area contributed by atoms with Gasteiger partial charge in [0.1, 0.15) is 0 Å². The van der Waals surface area contributed by atoms with Gasteiger partial charge in [0.15, 0.2) is 0 Å². The van der Waals surface area contributed by atoms with Crippen molar-refractivity contribution in [1.29, 1.82) is 10.8 Å². The van der Waals surface area contributed by atoms with Crippen LogP contribution in [0.3, 0.4) is 0 Å². The van der Waals surface area contributed by atoms with Gasteiger partial charge in [-0.05, 0) is 54.7 Å². The maximum atomic E-state index is 7.57. The lowest BCUT2D eigenvalue weighted by Crippen LogP contribution is -2.00. The third-order valence-corrected chi connectivity index (χ3v) is 2.52. The first kappa shape index (κ1) is 10.6. The summed E-state index contributed by atoms with van der Waals surface area (Å²) in [6, 6.07) is 3.95. The fourth-order valence-electron chi connectivity index (χ4n) is 1.53. The highest BCUT2D eigenvalue weighted by Crippen LogP contribution is 2.16. The fraction of sp³-hybridized carbons (Fsp3) is 0.333. The number of rotatable bonds is 3. The van der Waals surface area contributed by atoms with Crippen LogP contribution >= 0.6 is 0 Å². The van der Waals surface area contributed by atoms with E-state index in [0.29, 0.717) is 5.71 Å². The molecule has 0 aliphatic carbocycles. The van der Waals surface area contributed by atoms with Crippen LogP contribution in [0.15, 0.2) is 12.1 Å². The normalized spacial score (nSPS) is 9.93. The molecule has 1 rings (SSSR count). The molecular weight excluding hydrogens is 172 g/mol. The zero-order valence-corrected chi connectivity index (χ0v) is 8.94. The van der Waals surface area contributed by atoms with Crippen molar-refractivity contribution in [2.75, 3.05) is 0 Å². The maximum absolute atomic E-state index is 7.57. The molecule has 0 unspecified atom stereocenters. The summed E-state index contributed by atoms with van der Waals surface area (Å²) in [6.07, 6.45) is 2.31. The summed E-state index contributed by atoms with van der Waals surface area (Å²) in [6.45, 7) is 5.90. The van der Waals surface area contributed by atoms with Crippen molar-refractivity contribution in [2.45, 2.75) is 27.2 Å². The Labute approximate surface area is 85.0 Å². The van der Waals surface area contributed by atoms with E-state index in [2.05, 4.69) is 6.92 Å². The smallest absolute Gasteiger partial charge is 0.0355 e. The Balaban J connectivity index is 3.39. The fourth-order valence-corrected chi connectivity index (χ4v) is 1.53. The van der Waals surface area contributed by atoms with Crippen molar-refractivity contribution >= 4 is 11.9 Å². The van der Waals surface area contributed by atoms with Crippen molar-refractivity contribution in [3.63, 3.8) is 0 Å². The van der Waals surface area contributed by atoms with Crippen LogP contribution in [0.4, 0.5) is 0 Å². The first-order valence-electron chi connectivity index (χ1n) is 4.79. The van der Waals surface area contributed by atoms with E-state index in [1.807, 2.05) is 19.1 Å². The lowest BCUT2D eigenvalue weighted by molar-refractivity contribution is 1.10. The van der Waals surface area contributed by atoms with E-state index in [1.165, 1.54) is 11.8 Å². The third kappa shape index (κ3) is 1.90. The van der Waals surface area contributed by atoms with Gasteiger partial charge in [-0.25, -0.2) is 0 Å². The van der Waals surface area contributed by atoms with Crippen LogP contribution < -0.4 is 0 Å². The Morgan fingerprint density at radius 3 is 2.50 bits per heavy atom. The molecular formula is C12H16N2. The van der Waals surface area contributed by atoms with E-state index in [4.69, 9.17) is 10.8 Å². The van der Waals surface area contributed by atoms with Gasteiger partial charge in [-0.3, -0.25) is 0 Å². The quantitative estimate of drug-likeness (QED) is 0.685. The number of aryl methyl sites for hydroxylation is 1. The van der Waals surface area contributed by atoms with Gasteiger partial charge in [0.2, 0.25) is 0 Å². The van der Waals surface area contributed by atoms with Gasteiger partial charge in [0.25, 0.3) is 0 Å². The topological polar surface area (TPSA) is 47.7 Å². The lowest BCUT2D eigenvalue weighted by atomic mass is 9.96. The zero-order chi connectivity index (χ0) is 10.7. The SMILES string of the molecule is CCc1cc(C(C)=N)cc(C=N)c1C. The second-order valence-corrected chi connectivity index (χ2v) is 3.47. The second kappa shape index (κ2) is 4.18. The van der Waals surface area contributed by atoms with E-state index in [9.17, 15) is 0 Å². The van der Waals surface area contributed by atoms with E-state index in [1.54, 1.807) is 6.92 Å². The summed E-state index contributed by atoms with van der Waals surface area (Å²) in [5, 5.41) is 14.9. The van der Waals surface area contributed by atoms with Crippen molar-refractivity contribution in [3.05, 3.63) is 34.4 Å². The van der Waals surface area contributed by atoms with Crippen LogP contribution in [-0.4, -0.2) is 11.9 Å². The Bertz CT molecular complexity index is 378. The molecule has 14 heavy (non-hydrogen) atoms. The Morgan fingerprint density at radius 2 is 2.07 bits per heavy atom. The van der Waals surface area contributed by atoms with Gasteiger partial charge in [0, 0.05) is 11.9 Å². The molecule has 1 aromatic rings. The molecule has 74 valence electrons. The standard InChI is InChI=1S/C12H16N2/c1-4-10-5-11(9(3)14)6-12(7-13)8(10)2/h5-7,13-14H,4H2,1-3H3. The molecule has 0 bridgehead atoms. The molecule has 0 aliphatic heterocycles. The number of hydrogen-bond donors (Lipinski definition) is 2. The molecule has 2 N–H and O–H groups in total. The summed E-state index contributed by atoms with van der Waals surface area (Å²) in [7, 11) is 0. The molecule has 0 fully saturated rings. The average Bonchev–Trinajstić information content (AvgIpc) is 2.17. The highest BCUT2D eigenvalue weighted by atomic mass is 14.4. The van der Waals surface area contributed by atoms with Gasteiger partial charge in [-0.15, -0.1) is 0 Å². The minimum atomic E-state index is 0.558. The predicted octanol–water partition coefficient (Wildman–Crippen LogP) is 2.94. The molecule has 2 heteroatoms. The first-order chi connectivity index (χ1) is 6.60.